The second-order valence-corrected chi connectivity index (χ2v) is 5.51. The Balaban J connectivity index is 2.52. The molecule has 0 bridgehead atoms. The van der Waals surface area contributed by atoms with Crippen LogP contribution in [0.1, 0.15) is 21.7 Å². The van der Waals surface area contributed by atoms with Crippen molar-refractivity contribution in [1.82, 2.24) is 0 Å². The molecule has 1 aliphatic rings. The van der Waals surface area contributed by atoms with Crippen molar-refractivity contribution in [2.24, 2.45) is 0 Å². The Hall–Kier alpha value is 0.0500. The van der Waals surface area contributed by atoms with E-state index in [1.165, 1.54) is 23.5 Å². The van der Waals surface area contributed by atoms with Gasteiger partial charge in [0.05, 0.1) is 0 Å². The maximum atomic E-state index is 2.25. The SMILES string of the molecule is Cc1sc(C)c2c1CCCS2. The van der Waals surface area contributed by atoms with Gasteiger partial charge >= 0.3 is 0 Å². The Labute approximate surface area is 76.0 Å². The Morgan fingerprint density at radius 3 is 2.73 bits per heavy atom. The molecule has 0 aromatic carbocycles. The van der Waals surface area contributed by atoms with Gasteiger partial charge in [0.2, 0.25) is 0 Å². The maximum Gasteiger partial charge on any atom is 0.0243 e. The van der Waals surface area contributed by atoms with Crippen LogP contribution in [-0.4, -0.2) is 5.75 Å². The van der Waals surface area contributed by atoms with Crippen LogP contribution < -0.4 is 0 Å². The molecule has 0 amide bonds. The standard InChI is InChI=1S/C9H12S2/c1-6-8-4-3-5-10-9(8)7(2)11-6/h3-5H2,1-2H3. The third-order valence-electron chi connectivity index (χ3n) is 2.14. The van der Waals surface area contributed by atoms with Crippen LogP contribution in [0.25, 0.3) is 0 Å². The molecule has 2 heterocycles. The first-order valence-corrected chi connectivity index (χ1v) is 5.81. The summed E-state index contributed by atoms with van der Waals surface area (Å²) >= 11 is 4.01. The van der Waals surface area contributed by atoms with E-state index < -0.39 is 0 Å². The van der Waals surface area contributed by atoms with Gasteiger partial charge in [-0.15, -0.1) is 23.1 Å². The fourth-order valence-corrected chi connectivity index (χ4v) is 4.11. The molecule has 0 saturated carbocycles. The van der Waals surface area contributed by atoms with Gasteiger partial charge < -0.3 is 0 Å². The van der Waals surface area contributed by atoms with E-state index in [-0.39, 0.29) is 0 Å². The number of hydrogen-bond acceptors (Lipinski definition) is 2. The lowest BCUT2D eigenvalue weighted by molar-refractivity contribution is 0.888. The lowest BCUT2D eigenvalue weighted by Gasteiger charge is -2.11. The van der Waals surface area contributed by atoms with E-state index >= 15 is 0 Å². The largest absolute Gasteiger partial charge is 0.145 e. The molecule has 1 aromatic rings. The van der Waals surface area contributed by atoms with Crippen LogP contribution in [0.5, 0.6) is 0 Å². The molecular weight excluding hydrogens is 172 g/mol. The lowest BCUT2D eigenvalue weighted by Crippen LogP contribution is -1.96. The molecule has 0 atom stereocenters. The second-order valence-electron chi connectivity index (χ2n) is 2.97. The first-order chi connectivity index (χ1) is 5.29. The lowest BCUT2D eigenvalue weighted by atomic mass is 10.1. The van der Waals surface area contributed by atoms with Gasteiger partial charge in [-0.05, 0) is 38.0 Å². The molecule has 0 N–H and O–H groups in total. The summed E-state index contributed by atoms with van der Waals surface area (Å²) in [6.45, 7) is 4.50. The zero-order valence-corrected chi connectivity index (χ0v) is 8.57. The van der Waals surface area contributed by atoms with E-state index in [1.807, 2.05) is 23.1 Å². The third-order valence-corrected chi connectivity index (χ3v) is 4.67. The number of hydrogen-bond donors (Lipinski definition) is 0. The van der Waals surface area contributed by atoms with Gasteiger partial charge in [-0.25, -0.2) is 0 Å². The van der Waals surface area contributed by atoms with Crippen LogP contribution in [0.2, 0.25) is 0 Å². The number of aryl methyl sites for hydroxylation is 2. The van der Waals surface area contributed by atoms with Gasteiger partial charge in [-0.1, -0.05) is 0 Å². The molecule has 0 nitrogen and oxygen atoms in total. The maximum absolute atomic E-state index is 2.25. The van der Waals surface area contributed by atoms with Crippen LogP contribution in [0.4, 0.5) is 0 Å². The summed E-state index contributed by atoms with van der Waals surface area (Å²) in [5, 5.41) is 0. The summed E-state index contributed by atoms with van der Waals surface area (Å²) in [4.78, 5) is 4.67. The molecule has 11 heavy (non-hydrogen) atoms. The van der Waals surface area contributed by atoms with Crippen LogP contribution in [0.15, 0.2) is 4.90 Å². The van der Waals surface area contributed by atoms with E-state index in [9.17, 15) is 0 Å². The van der Waals surface area contributed by atoms with E-state index in [0.29, 0.717) is 0 Å². The topological polar surface area (TPSA) is 0 Å². The van der Waals surface area contributed by atoms with Crippen LogP contribution >= 0.6 is 23.1 Å². The van der Waals surface area contributed by atoms with Crippen molar-refractivity contribution in [2.45, 2.75) is 31.6 Å². The molecule has 1 aromatic heterocycles. The normalized spacial score (nSPS) is 16.5. The number of rotatable bonds is 0. The van der Waals surface area contributed by atoms with Gasteiger partial charge in [-0.3, -0.25) is 0 Å². The molecule has 1 aliphatic heterocycles. The number of thiophene rings is 1. The molecule has 2 rings (SSSR count). The summed E-state index contributed by atoms with van der Waals surface area (Å²) in [7, 11) is 0. The quantitative estimate of drug-likeness (QED) is 0.595. The molecule has 0 spiro atoms. The Morgan fingerprint density at radius 1 is 1.18 bits per heavy atom. The molecule has 0 radical (unpaired) electrons. The smallest absolute Gasteiger partial charge is 0.0243 e. The average Bonchev–Trinajstić information content (AvgIpc) is 2.30. The van der Waals surface area contributed by atoms with Gasteiger partial charge in [-0.2, -0.15) is 0 Å². The molecule has 60 valence electrons. The Morgan fingerprint density at radius 2 is 2.00 bits per heavy atom. The highest BCUT2D eigenvalue weighted by atomic mass is 32.2. The van der Waals surface area contributed by atoms with Crippen molar-refractivity contribution in [3.63, 3.8) is 0 Å². The predicted molar refractivity (Wildman–Crippen MR) is 52.8 cm³/mol. The van der Waals surface area contributed by atoms with Gasteiger partial charge in [0.1, 0.15) is 0 Å². The molecular formula is C9H12S2. The molecule has 0 saturated heterocycles. The average molecular weight is 184 g/mol. The molecule has 0 fully saturated rings. The zero-order valence-electron chi connectivity index (χ0n) is 6.94. The zero-order chi connectivity index (χ0) is 7.84. The minimum atomic E-state index is 1.32. The van der Waals surface area contributed by atoms with E-state index in [4.69, 9.17) is 0 Å². The summed E-state index contributed by atoms with van der Waals surface area (Å²) in [5.74, 6) is 1.32. The summed E-state index contributed by atoms with van der Waals surface area (Å²) in [5.41, 5.74) is 1.64. The summed E-state index contributed by atoms with van der Waals surface area (Å²) in [6, 6.07) is 0. The highest BCUT2D eigenvalue weighted by Gasteiger charge is 2.16. The number of fused-ring (bicyclic) bond motifs is 1. The van der Waals surface area contributed by atoms with Crippen molar-refractivity contribution < 1.29 is 0 Å². The highest BCUT2D eigenvalue weighted by Crippen LogP contribution is 2.39. The van der Waals surface area contributed by atoms with Crippen molar-refractivity contribution >= 4 is 23.1 Å². The van der Waals surface area contributed by atoms with Crippen molar-refractivity contribution in [1.29, 1.82) is 0 Å². The van der Waals surface area contributed by atoms with Crippen molar-refractivity contribution in [3.05, 3.63) is 15.3 Å². The van der Waals surface area contributed by atoms with Crippen molar-refractivity contribution in [2.75, 3.05) is 5.75 Å². The van der Waals surface area contributed by atoms with Crippen molar-refractivity contribution in [3.8, 4) is 0 Å². The Bertz CT molecular complexity index is 247. The fourth-order valence-electron chi connectivity index (χ4n) is 1.61. The number of thioether (sulfide) groups is 1. The summed E-state index contributed by atoms with van der Waals surface area (Å²) in [6.07, 6.45) is 2.69. The van der Waals surface area contributed by atoms with Gasteiger partial charge in [0.25, 0.3) is 0 Å². The first kappa shape index (κ1) is 7.69. The van der Waals surface area contributed by atoms with Crippen LogP contribution in [-0.2, 0) is 6.42 Å². The fraction of sp³-hybridized carbons (Fsp3) is 0.556. The third kappa shape index (κ3) is 1.23. The molecule has 0 aliphatic carbocycles. The van der Waals surface area contributed by atoms with Crippen LogP contribution in [0.3, 0.4) is 0 Å². The van der Waals surface area contributed by atoms with Gasteiger partial charge in [0.15, 0.2) is 0 Å². The Kier molecular flexibility index (Phi) is 1.98. The minimum Gasteiger partial charge on any atom is -0.145 e. The van der Waals surface area contributed by atoms with E-state index in [2.05, 4.69) is 13.8 Å². The van der Waals surface area contributed by atoms with Gasteiger partial charge in [0, 0.05) is 14.6 Å². The molecule has 0 unspecified atom stereocenters. The monoisotopic (exact) mass is 184 g/mol. The van der Waals surface area contributed by atoms with E-state index in [1.54, 1.807) is 15.3 Å². The molecule has 2 heteroatoms. The summed E-state index contributed by atoms with van der Waals surface area (Å²) < 4.78 is 0. The highest BCUT2D eigenvalue weighted by molar-refractivity contribution is 7.99. The first-order valence-electron chi connectivity index (χ1n) is 4.00. The van der Waals surface area contributed by atoms with Crippen LogP contribution in [0, 0.1) is 13.8 Å². The van der Waals surface area contributed by atoms with E-state index in [0.717, 1.165) is 0 Å². The predicted octanol–water partition coefficient (Wildman–Crippen LogP) is 3.40. The minimum absolute atomic E-state index is 1.32. The second kappa shape index (κ2) is 2.83.